The highest BCUT2D eigenvalue weighted by molar-refractivity contribution is 5.85. The molecule has 1 rings (SSSR count). The monoisotopic (exact) mass is 217 g/mol. The van der Waals surface area contributed by atoms with E-state index >= 15 is 0 Å². The van der Waals surface area contributed by atoms with Crippen LogP contribution in [-0.2, 0) is 14.3 Å². The first kappa shape index (κ1) is 11.9. The summed E-state index contributed by atoms with van der Waals surface area (Å²) in [6.07, 6.45) is -0.146. The molecule has 86 valence electrons. The third kappa shape index (κ3) is 2.90. The van der Waals surface area contributed by atoms with Gasteiger partial charge in [-0.15, -0.1) is 0 Å². The van der Waals surface area contributed by atoms with Gasteiger partial charge < -0.3 is 20.3 Å². The lowest BCUT2D eigenvalue weighted by Crippen LogP contribution is -2.47. The number of ether oxygens (including phenoxy) is 1. The van der Waals surface area contributed by atoms with Gasteiger partial charge in [-0.05, 0) is 19.8 Å². The third-order valence-electron chi connectivity index (χ3n) is 2.44. The number of hydrogen-bond acceptors (Lipinski definition) is 4. The number of aliphatic hydroxyl groups is 1. The Morgan fingerprint density at radius 2 is 2.27 bits per heavy atom. The van der Waals surface area contributed by atoms with Crippen LogP contribution < -0.4 is 5.32 Å². The van der Waals surface area contributed by atoms with Gasteiger partial charge in [-0.1, -0.05) is 0 Å². The topological polar surface area (TPSA) is 95.9 Å². The Morgan fingerprint density at radius 1 is 1.60 bits per heavy atom. The highest BCUT2D eigenvalue weighted by Gasteiger charge is 2.37. The van der Waals surface area contributed by atoms with Gasteiger partial charge >= 0.3 is 5.97 Å². The van der Waals surface area contributed by atoms with Gasteiger partial charge in [0.2, 0.25) is 0 Å². The predicted molar refractivity (Wildman–Crippen MR) is 50.2 cm³/mol. The quantitative estimate of drug-likeness (QED) is 0.568. The lowest BCUT2D eigenvalue weighted by atomic mass is 10.0. The highest BCUT2D eigenvalue weighted by Crippen LogP contribution is 2.24. The van der Waals surface area contributed by atoms with Crippen LogP contribution in [0.25, 0.3) is 0 Å². The van der Waals surface area contributed by atoms with Gasteiger partial charge in [-0.3, -0.25) is 4.79 Å². The lowest BCUT2D eigenvalue weighted by molar-refractivity contribution is -0.147. The van der Waals surface area contributed by atoms with Crippen molar-refractivity contribution < 1.29 is 24.5 Å². The van der Waals surface area contributed by atoms with Crippen LogP contribution in [0.15, 0.2) is 0 Å². The van der Waals surface area contributed by atoms with E-state index in [0.29, 0.717) is 13.0 Å². The van der Waals surface area contributed by atoms with E-state index in [-0.39, 0.29) is 12.5 Å². The lowest BCUT2D eigenvalue weighted by Gasteiger charge is -2.22. The number of carboxylic acids is 1. The molecule has 0 spiro atoms. The molecule has 1 aliphatic rings. The standard InChI is InChI=1S/C9H15NO5/c1-9(3-2-4-15-9)8(14)10-5-6(11)7(12)13/h6,11H,2-5H2,1H3,(H,10,14)(H,12,13). The molecule has 6 nitrogen and oxygen atoms in total. The Morgan fingerprint density at radius 3 is 2.73 bits per heavy atom. The molecular formula is C9H15NO5. The smallest absolute Gasteiger partial charge is 0.334 e. The van der Waals surface area contributed by atoms with Crippen molar-refractivity contribution in [2.24, 2.45) is 0 Å². The number of rotatable bonds is 4. The number of nitrogens with one attached hydrogen (secondary N) is 1. The molecule has 0 aromatic rings. The van der Waals surface area contributed by atoms with Crippen LogP contribution in [0.4, 0.5) is 0 Å². The summed E-state index contributed by atoms with van der Waals surface area (Å²) in [6, 6.07) is 0. The van der Waals surface area contributed by atoms with Crippen molar-refractivity contribution in [1.29, 1.82) is 0 Å². The number of aliphatic carboxylic acids is 1. The second-order valence-corrected chi connectivity index (χ2v) is 3.75. The average molecular weight is 217 g/mol. The molecule has 0 radical (unpaired) electrons. The number of amides is 1. The maximum atomic E-state index is 11.6. The molecule has 6 heteroatoms. The Bertz CT molecular complexity index is 259. The molecule has 1 heterocycles. The fourth-order valence-electron chi connectivity index (χ4n) is 1.42. The van der Waals surface area contributed by atoms with Crippen molar-refractivity contribution in [3.05, 3.63) is 0 Å². The summed E-state index contributed by atoms with van der Waals surface area (Å²) in [5.74, 6) is -1.73. The van der Waals surface area contributed by atoms with Crippen LogP contribution in [0.3, 0.4) is 0 Å². The molecule has 15 heavy (non-hydrogen) atoms. The largest absolute Gasteiger partial charge is 0.479 e. The summed E-state index contributed by atoms with van der Waals surface area (Å²) in [6.45, 7) is 1.89. The SMILES string of the molecule is CC1(C(=O)NCC(O)C(=O)O)CCCO1. The van der Waals surface area contributed by atoms with Gasteiger partial charge in [-0.2, -0.15) is 0 Å². The zero-order valence-electron chi connectivity index (χ0n) is 8.52. The predicted octanol–water partition coefficient (Wildman–Crippen LogP) is -0.883. The molecule has 1 saturated heterocycles. The molecular weight excluding hydrogens is 202 g/mol. The van der Waals surface area contributed by atoms with Crippen molar-refractivity contribution in [3.8, 4) is 0 Å². The van der Waals surface area contributed by atoms with Crippen LogP contribution in [0.5, 0.6) is 0 Å². The Hall–Kier alpha value is -1.14. The highest BCUT2D eigenvalue weighted by atomic mass is 16.5. The zero-order chi connectivity index (χ0) is 11.5. The summed E-state index contributed by atoms with van der Waals surface area (Å²) < 4.78 is 5.25. The first-order valence-corrected chi connectivity index (χ1v) is 4.79. The Balaban J connectivity index is 2.39. The van der Waals surface area contributed by atoms with Gasteiger partial charge in [0, 0.05) is 6.61 Å². The van der Waals surface area contributed by atoms with Crippen molar-refractivity contribution in [2.45, 2.75) is 31.5 Å². The minimum absolute atomic E-state index is 0.298. The Labute approximate surface area is 87.2 Å². The summed E-state index contributed by atoms with van der Waals surface area (Å²) in [4.78, 5) is 21.8. The van der Waals surface area contributed by atoms with Crippen LogP contribution in [-0.4, -0.2) is 46.9 Å². The molecule has 1 fully saturated rings. The van der Waals surface area contributed by atoms with Gasteiger partial charge in [0.05, 0.1) is 6.54 Å². The number of carbonyl (C=O) groups excluding carboxylic acids is 1. The summed E-state index contributed by atoms with van der Waals surface area (Å²) in [5.41, 5.74) is -0.877. The van der Waals surface area contributed by atoms with Crippen molar-refractivity contribution in [1.82, 2.24) is 5.32 Å². The molecule has 1 aliphatic heterocycles. The number of carbonyl (C=O) groups is 2. The van der Waals surface area contributed by atoms with E-state index in [1.54, 1.807) is 6.92 Å². The van der Waals surface area contributed by atoms with E-state index in [1.807, 2.05) is 0 Å². The molecule has 0 saturated carbocycles. The zero-order valence-corrected chi connectivity index (χ0v) is 8.52. The summed E-state index contributed by atoms with van der Waals surface area (Å²) >= 11 is 0. The second kappa shape index (κ2) is 4.59. The fraction of sp³-hybridized carbons (Fsp3) is 0.778. The van der Waals surface area contributed by atoms with Crippen LogP contribution >= 0.6 is 0 Å². The maximum Gasteiger partial charge on any atom is 0.334 e. The molecule has 0 bridgehead atoms. The molecule has 0 aromatic heterocycles. The molecule has 3 N–H and O–H groups in total. The molecule has 2 unspecified atom stereocenters. The summed E-state index contributed by atoms with van der Waals surface area (Å²) in [5, 5.41) is 19.7. The second-order valence-electron chi connectivity index (χ2n) is 3.75. The minimum Gasteiger partial charge on any atom is -0.479 e. The van der Waals surface area contributed by atoms with Gasteiger partial charge in [0.15, 0.2) is 6.10 Å². The summed E-state index contributed by atoms with van der Waals surface area (Å²) in [7, 11) is 0. The van der Waals surface area contributed by atoms with Crippen LogP contribution in [0, 0.1) is 0 Å². The third-order valence-corrected chi connectivity index (χ3v) is 2.44. The first-order valence-electron chi connectivity index (χ1n) is 4.79. The van der Waals surface area contributed by atoms with Crippen LogP contribution in [0.1, 0.15) is 19.8 Å². The minimum atomic E-state index is -1.57. The molecule has 2 atom stereocenters. The number of hydrogen-bond donors (Lipinski definition) is 3. The molecule has 0 aromatic carbocycles. The van der Waals surface area contributed by atoms with Gasteiger partial charge in [0.1, 0.15) is 5.60 Å². The van der Waals surface area contributed by atoms with E-state index in [9.17, 15) is 9.59 Å². The van der Waals surface area contributed by atoms with E-state index in [1.165, 1.54) is 0 Å². The Kier molecular flexibility index (Phi) is 3.65. The van der Waals surface area contributed by atoms with E-state index < -0.39 is 17.7 Å². The van der Waals surface area contributed by atoms with Crippen molar-refractivity contribution >= 4 is 11.9 Å². The molecule has 1 amide bonds. The van der Waals surface area contributed by atoms with E-state index in [4.69, 9.17) is 14.9 Å². The average Bonchev–Trinajstić information content (AvgIpc) is 2.62. The van der Waals surface area contributed by atoms with Gasteiger partial charge in [0.25, 0.3) is 5.91 Å². The normalized spacial score (nSPS) is 27.3. The first-order chi connectivity index (χ1) is 6.96. The number of aliphatic hydroxyl groups excluding tert-OH is 1. The van der Waals surface area contributed by atoms with E-state index in [2.05, 4.69) is 5.32 Å². The van der Waals surface area contributed by atoms with Crippen LogP contribution in [0.2, 0.25) is 0 Å². The van der Waals surface area contributed by atoms with E-state index in [0.717, 1.165) is 6.42 Å². The number of carboxylic acid groups (broad SMARTS) is 1. The van der Waals surface area contributed by atoms with Crippen molar-refractivity contribution in [3.63, 3.8) is 0 Å². The fourth-order valence-corrected chi connectivity index (χ4v) is 1.42. The van der Waals surface area contributed by atoms with Gasteiger partial charge in [-0.25, -0.2) is 4.79 Å². The van der Waals surface area contributed by atoms with Crippen molar-refractivity contribution in [2.75, 3.05) is 13.2 Å². The maximum absolute atomic E-state index is 11.6. The molecule has 0 aliphatic carbocycles.